The van der Waals surface area contributed by atoms with Crippen molar-refractivity contribution in [3.63, 3.8) is 0 Å². The highest BCUT2D eigenvalue weighted by molar-refractivity contribution is 5.83. The summed E-state index contributed by atoms with van der Waals surface area (Å²) in [7, 11) is 0. The van der Waals surface area contributed by atoms with E-state index in [1.165, 1.54) is 65.4 Å². The molecule has 0 nitrogen and oxygen atoms in total. The molecule has 0 heteroatoms. The lowest BCUT2D eigenvalue weighted by atomic mass is 9.74. The molecule has 0 aliphatic heterocycles. The van der Waals surface area contributed by atoms with Gasteiger partial charge in [-0.25, -0.2) is 0 Å². The molecule has 2 atom stereocenters. The number of hydrogen-bond donors (Lipinski definition) is 0. The quantitative estimate of drug-likeness (QED) is 0.200. The van der Waals surface area contributed by atoms with E-state index in [1.54, 1.807) is 0 Å². The molecule has 0 saturated heterocycles. The molecule has 2 aliphatic rings. The molecule has 0 bridgehead atoms. The molecule has 0 radical (unpaired) electrons. The van der Waals surface area contributed by atoms with E-state index >= 15 is 0 Å². The Hall–Kier alpha value is -3.90. The summed E-state index contributed by atoms with van der Waals surface area (Å²) in [5, 5.41) is 5.55. The largest absolute Gasteiger partial charge is 0.0801 e. The average molecular weight is 563 g/mol. The van der Waals surface area contributed by atoms with E-state index in [2.05, 4.69) is 165 Å². The third-order valence-corrected chi connectivity index (χ3v) is 9.60. The number of fused-ring (bicyclic) bond motifs is 2. The van der Waals surface area contributed by atoms with Crippen LogP contribution < -0.4 is 10.4 Å². The van der Waals surface area contributed by atoms with Gasteiger partial charge in [0.05, 0.1) is 0 Å². The van der Waals surface area contributed by atoms with Crippen molar-refractivity contribution in [2.75, 3.05) is 0 Å². The minimum atomic E-state index is -0.0475. The van der Waals surface area contributed by atoms with Gasteiger partial charge in [0, 0.05) is 11.8 Å². The molecule has 0 aromatic heterocycles. The van der Waals surface area contributed by atoms with Gasteiger partial charge in [-0.15, -0.1) is 0 Å². The molecule has 2 aliphatic carbocycles. The van der Waals surface area contributed by atoms with E-state index < -0.39 is 0 Å². The monoisotopic (exact) mass is 562 g/mol. The lowest BCUT2D eigenvalue weighted by Crippen LogP contribution is -2.31. The summed E-state index contributed by atoms with van der Waals surface area (Å²) in [6.45, 7) is 19.0. The van der Waals surface area contributed by atoms with Gasteiger partial charge in [0.1, 0.15) is 0 Å². The predicted octanol–water partition coefficient (Wildman–Crippen LogP) is 9.81. The van der Waals surface area contributed by atoms with Gasteiger partial charge in [-0.3, -0.25) is 0 Å². The first-order valence-electron chi connectivity index (χ1n) is 16.0. The van der Waals surface area contributed by atoms with Gasteiger partial charge in [0.15, 0.2) is 0 Å². The van der Waals surface area contributed by atoms with Crippen LogP contribution in [0.1, 0.15) is 107 Å². The summed E-state index contributed by atoms with van der Waals surface area (Å²) < 4.78 is 0. The van der Waals surface area contributed by atoms with Crippen LogP contribution in [0.15, 0.2) is 103 Å². The molecule has 0 N–H and O–H groups in total. The van der Waals surface area contributed by atoms with Crippen molar-refractivity contribution in [1.29, 1.82) is 0 Å². The van der Waals surface area contributed by atoms with Crippen LogP contribution in [0.2, 0.25) is 0 Å². The van der Waals surface area contributed by atoms with E-state index in [9.17, 15) is 0 Å². The van der Waals surface area contributed by atoms with Crippen LogP contribution in [-0.4, -0.2) is 0 Å². The first-order valence-corrected chi connectivity index (χ1v) is 16.0. The Morgan fingerprint density at radius 2 is 1.28 bits per heavy atom. The number of benzene rings is 4. The maximum Gasteiger partial charge on any atom is 0.00351 e. The fraction of sp³-hybridized carbons (Fsp3) is 0.302. The fourth-order valence-corrected chi connectivity index (χ4v) is 7.12. The van der Waals surface area contributed by atoms with Crippen molar-refractivity contribution >= 4 is 17.2 Å². The summed E-state index contributed by atoms with van der Waals surface area (Å²) >= 11 is 0. The van der Waals surface area contributed by atoms with Crippen LogP contribution in [0, 0.1) is 10.4 Å². The van der Waals surface area contributed by atoms with Gasteiger partial charge in [-0.2, -0.15) is 0 Å². The van der Waals surface area contributed by atoms with Gasteiger partial charge >= 0.3 is 0 Å². The van der Waals surface area contributed by atoms with Crippen molar-refractivity contribution in [3.8, 4) is 0 Å². The van der Waals surface area contributed by atoms with Gasteiger partial charge in [-0.1, -0.05) is 152 Å². The molecular formula is C43H46. The molecule has 6 rings (SSSR count). The van der Waals surface area contributed by atoms with Gasteiger partial charge in [0.25, 0.3) is 0 Å². The van der Waals surface area contributed by atoms with Gasteiger partial charge in [0.2, 0.25) is 0 Å². The van der Waals surface area contributed by atoms with Crippen molar-refractivity contribution in [3.05, 3.63) is 157 Å². The fourth-order valence-electron chi connectivity index (χ4n) is 7.12. The second-order valence-electron chi connectivity index (χ2n) is 14.6. The van der Waals surface area contributed by atoms with Crippen molar-refractivity contribution in [2.45, 2.75) is 84.5 Å². The van der Waals surface area contributed by atoms with Crippen molar-refractivity contribution in [2.24, 2.45) is 0 Å². The zero-order chi connectivity index (χ0) is 30.5. The number of rotatable bonds is 5. The summed E-state index contributed by atoms with van der Waals surface area (Å²) in [4.78, 5) is 0. The molecule has 0 heterocycles. The van der Waals surface area contributed by atoms with Crippen LogP contribution >= 0.6 is 0 Å². The Kier molecular flexibility index (Phi) is 7.45. The Morgan fingerprint density at radius 1 is 0.674 bits per heavy atom. The van der Waals surface area contributed by atoms with E-state index in [4.69, 9.17) is 0 Å². The van der Waals surface area contributed by atoms with Gasteiger partial charge < -0.3 is 0 Å². The first kappa shape index (κ1) is 29.2. The highest BCUT2D eigenvalue weighted by atomic mass is 14.3. The van der Waals surface area contributed by atoms with Crippen molar-refractivity contribution in [1.82, 2.24) is 0 Å². The molecule has 0 amide bonds. The second-order valence-corrected chi connectivity index (χ2v) is 14.6. The highest BCUT2D eigenvalue weighted by Crippen LogP contribution is 2.39. The molecule has 43 heavy (non-hydrogen) atoms. The van der Waals surface area contributed by atoms with E-state index in [0.717, 1.165) is 6.42 Å². The highest BCUT2D eigenvalue weighted by Gasteiger charge is 2.29. The second kappa shape index (κ2) is 11.0. The minimum Gasteiger partial charge on any atom is -0.0801 e. The lowest BCUT2D eigenvalue weighted by molar-refractivity contribution is 0.583. The minimum absolute atomic E-state index is 0.0475. The Labute approximate surface area is 258 Å². The molecule has 4 aromatic carbocycles. The van der Waals surface area contributed by atoms with Gasteiger partial charge in [-0.05, 0) is 94.8 Å². The molecule has 0 spiro atoms. The zero-order valence-electron chi connectivity index (χ0n) is 27.3. The van der Waals surface area contributed by atoms with Crippen LogP contribution in [0.3, 0.4) is 0 Å². The van der Waals surface area contributed by atoms with Crippen LogP contribution in [-0.2, 0) is 10.8 Å². The molecular weight excluding hydrogens is 516 g/mol. The summed E-state index contributed by atoms with van der Waals surface area (Å²) in [5.74, 6) is 0.501. The number of allylic oxidation sites excluding steroid dienone is 4. The lowest BCUT2D eigenvalue weighted by Gasteiger charge is -2.30. The third-order valence-electron chi connectivity index (χ3n) is 9.60. The standard InChI is InChI=1S/C43H46/c1-28(30-17-11-9-12-18-30)39(29(2)31-19-13-10-14-20-31)41-38(43(6,7)8)27-36-35-26-34(42(3,4)5)24-23-33(35)25-37(36)40(41)32-21-15-16-22-32/h9-21,23-29H,22H2,1-8H3. The van der Waals surface area contributed by atoms with Crippen LogP contribution in [0.4, 0.5) is 0 Å². The summed E-state index contributed by atoms with van der Waals surface area (Å²) in [5.41, 5.74) is 11.4. The molecule has 218 valence electrons. The molecule has 2 unspecified atom stereocenters. The van der Waals surface area contributed by atoms with Crippen LogP contribution in [0.25, 0.3) is 17.2 Å². The van der Waals surface area contributed by atoms with E-state index in [-0.39, 0.29) is 22.7 Å². The SMILES string of the molecule is CC(C(=c1c(C(C)(C)C)cc2c(c1C1=CC=CC1)C=c1ccc(C(C)(C)C)cc1=2)C(C)c1ccccc1)c1ccccc1. The Balaban J connectivity index is 1.85. The Bertz CT molecular complexity index is 1910. The van der Waals surface area contributed by atoms with Crippen molar-refractivity contribution < 1.29 is 0 Å². The van der Waals surface area contributed by atoms with E-state index in [1.807, 2.05) is 0 Å². The normalized spacial score (nSPS) is 15.4. The average Bonchev–Trinajstić information content (AvgIpc) is 3.64. The maximum atomic E-state index is 2.56. The zero-order valence-corrected chi connectivity index (χ0v) is 27.3. The first-order chi connectivity index (χ1) is 20.4. The summed E-state index contributed by atoms with van der Waals surface area (Å²) in [6.07, 6.45) is 10.4. The predicted molar refractivity (Wildman–Crippen MR) is 186 cm³/mol. The maximum absolute atomic E-state index is 2.56. The van der Waals surface area contributed by atoms with E-state index in [0.29, 0.717) is 0 Å². The van der Waals surface area contributed by atoms with Crippen LogP contribution in [0.5, 0.6) is 0 Å². The topological polar surface area (TPSA) is 0 Å². The third kappa shape index (κ3) is 5.38. The molecule has 4 aromatic rings. The molecule has 0 fully saturated rings. The molecule has 0 saturated carbocycles. The smallest absolute Gasteiger partial charge is 0.00351 e. The Morgan fingerprint density at radius 3 is 1.79 bits per heavy atom. The summed E-state index contributed by atoms with van der Waals surface area (Å²) in [6, 6.07) is 31.9. The number of hydrogen-bond acceptors (Lipinski definition) is 0.